The van der Waals surface area contributed by atoms with Crippen LogP contribution in [0.25, 0.3) is 0 Å². The van der Waals surface area contributed by atoms with Crippen LogP contribution in [-0.2, 0) is 20.0 Å². The number of amides is 1. The Bertz CT molecular complexity index is 1360. The minimum absolute atomic E-state index is 0.0374. The fourth-order valence-corrected chi connectivity index (χ4v) is 5.30. The first-order valence-electron chi connectivity index (χ1n) is 9.78. The predicted octanol–water partition coefficient (Wildman–Crippen LogP) is 4.12. The second-order valence-corrected chi connectivity index (χ2v) is 10.9. The maximum absolute atomic E-state index is 12.6. The summed E-state index contributed by atoms with van der Waals surface area (Å²) >= 11 is 0. The van der Waals surface area contributed by atoms with Crippen molar-refractivity contribution in [2.45, 2.75) is 30.6 Å². The molecule has 0 bridgehead atoms. The monoisotopic (exact) mass is 473 g/mol. The van der Waals surface area contributed by atoms with Gasteiger partial charge in [-0.1, -0.05) is 31.2 Å². The Labute approximate surface area is 188 Å². The maximum Gasteiger partial charge on any atom is 0.339 e. The SMILES string of the molecule is CCS(=O)(=O)c1ccccc1NC(=O)c1ccc(OS(=O)(=O)c2cc(C)ccc2C)cc1. The minimum Gasteiger partial charge on any atom is -0.379 e. The summed E-state index contributed by atoms with van der Waals surface area (Å²) in [5.74, 6) is -0.579. The first-order valence-corrected chi connectivity index (χ1v) is 12.8. The molecule has 0 unspecified atom stereocenters. The topological polar surface area (TPSA) is 107 Å². The van der Waals surface area contributed by atoms with E-state index in [2.05, 4.69) is 5.32 Å². The molecule has 3 rings (SSSR count). The molecule has 0 saturated carbocycles. The van der Waals surface area contributed by atoms with Crippen LogP contribution in [0.1, 0.15) is 28.4 Å². The normalized spacial score (nSPS) is 11.7. The van der Waals surface area contributed by atoms with Gasteiger partial charge in [0.15, 0.2) is 9.84 Å². The van der Waals surface area contributed by atoms with E-state index < -0.39 is 25.9 Å². The van der Waals surface area contributed by atoms with Crippen molar-refractivity contribution in [2.75, 3.05) is 11.1 Å². The number of para-hydroxylation sites is 1. The number of nitrogens with one attached hydrogen (secondary N) is 1. The zero-order chi connectivity index (χ0) is 23.5. The smallest absolute Gasteiger partial charge is 0.339 e. The van der Waals surface area contributed by atoms with Crippen LogP contribution in [0.3, 0.4) is 0 Å². The molecule has 0 saturated heterocycles. The van der Waals surface area contributed by atoms with E-state index in [9.17, 15) is 21.6 Å². The molecule has 32 heavy (non-hydrogen) atoms. The van der Waals surface area contributed by atoms with Gasteiger partial charge in [0.1, 0.15) is 10.6 Å². The predicted molar refractivity (Wildman–Crippen MR) is 122 cm³/mol. The van der Waals surface area contributed by atoms with Crippen LogP contribution in [0.5, 0.6) is 5.75 Å². The van der Waals surface area contributed by atoms with E-state index in [1.807, 2.05) is 6.07 Å². The van der Waals surface area contributed by atoms with Gasteiger partial charge >= 0.3 is 10.1 Å². The van der Waals surface area contributed by atoms with E-state index in [0.717, 1.165) is 5.56 Å². The zero-order valence-corrected chi connectivity index (χ0v) is 19.5. The molecule has 3 aromatic rings. The van der Waals surface area contributed by atoms with E-state index in [4.69, 9.17) is 4.18 Å². The standard InChI is InChI=1S/C23H23NO6S2/c1-4-31(26,27)21-8-6-5-7-20(21)24-23(25)18-11-13-19(14-12-18)30-32(28,29)22-15-16(2)9-10-17(22)3/h5-15H,4H2,1-3H3,(H,24,25). The van der Waals surface area contributed by atoms with E-state index >= 15 is 0 Å². The van der Waals surface area contributed by atoms with Crippen LogP contribution in [-0.4, -0.2) is 28.5 Å². The molecule has 1 N–H and O–H groups in total. The Morgan fingerprint density at radius 3 is 2.19 bits per heavy atom. The first-order chi connectivity index (χ1) is 15.0. The summed E-state index contributed by atoms with van der Waals surface area (Å²) in [6.45, 7) is 4.99. The van der Waals surface area contributed by atoms with Crippen molar-refractivity contribution >= 4 is 31.5 Å². The first kappa shape index (κ1) is 23.5. The highest BCUT2D eigenvalue weighted by atomic mass is 32.2. The number of rotatable bonds is 7. The number of aryl methyl sites for hydroxylation is 2. The van der Waals surface area contributed by atoms with Gasteiger partial charge in [0, 0.05) is 5.56 Å². The number of carbonyl (C=O) groups excluding carboxylic acids is 1. The third-order valence-corrected chi connectivity index (χ3v) is 7.96. The highest BCUT2D eigenvalue weighted by Gasteiger charge is 2.21. The molecule has 0 heterocycles. The number of anilines is 1. The summed E-state index contributed by atoms with van der Waals surface area (Å²) in [6.07, 6.45) is 0. The lowest BCUT2D eigenvalue weighted by molar-refractivity contribution is 0.102. The molecule has 0 aliphatic carbocycles. The van der Waals surface area contributed by atoms with Crippen molar-refractivity contribution in [3.63, 3.8) is 0 Å². The molecular weight excluding hydrogens is 450 g/mol. The van der Waals surface area contributed by atoms with Crippen molar-refractivity contribution in [2.24, 2.45) is 0 Å². The lowest BCUT2D eigenvalue weighted by atomic mass is 10.2. The molecule has 168 valence electrons. The molecule has 9 heteroatoms. The van der Waals surface area contributed by atoms with Gasteiger partial charge in [0.2, 0.25) is 0 Å². The van der Waals surface area contributed by atoms with Crippen molar-refractivity contribution in [3.05, 3.63) is 83.4 Å². The largest absolute Gasteiger partial charge is 0.379 e. The summed E-state index contributed by atoms with van der Waals surface area (Å²) in [5.41, 5.74) is 1.74. The molecule has 3 aromatic carbocycles. The number of hydrogen-bond donors (Lipinski definition) is 1. The quantitative estimate of drug-likeness (QED) is 0.518. The Hall–Kier alpha value is -3.17. The second-order valence-electron chi connectivity index (χ2n) is 7.18. The van der Waals surface area contributed by atoms with Crippen molar-refractivity contribution < 1.29 is 25.8 Å². The summed E-state index contributed by atoms with van der Waals surface area (Å²) < 4.78 is 55.0. The van der Waals surface area contributed by atoms with Crippen LogP contribution >= 0.6 is 0 Å². The average Bonchev–Trinajstić information content (AvgIpc) is 2.76. The minimum atomic E-state index is -4.04. The van der Waals surface area contributed by atoms with Gasteiger partial charge in [-0.2, -0.15) is 8.42 Å². The molecule has 0 aliphatic heterocycles. The Morgan fingerprint density at radius 2 is 1.53 bits per heavy atom. The van der Waals surface area contributed by atoms with Crippen LogP contribution in [0.2, 0.25) is 0 Å². The van der Waals surface area contributed by atoms with Crippen LogP contribution in [0, 0.1) is 13.8 Å². The number of carbonyl (C=O) groups is 1. The summed E-state index contributed by atoms with van der Waals surface area (Å²) in [7, 11) is -7.56. The van der Waals surface area contributed by atoms with Gasteiger partial charge in [-0.05, 0) is 67.4 Å². The number of benzene rings is 3. The summed E-state index contributed by atoms with van der Waals surface area (Å²) in [5, 5.41) is 2.60. The molecule has 0 spiro atoms. The molecule has 0 aromatic heterocycles. The third kappa shape index (κ3) is 5.17. The molecular formula is C23H23NO6S2. The fourth-order valence-electron chi connectivity index (χ4n) is 3.00. The number of sulfone groups is 1. The molecule has 0 atom stereocenters. The van der Waals surface area contributed by atoms with Gasteiger partial charge in [-0.3, -0.25) is 4.79 Å². The Morgan fingerprint density at radius 1 is 0.875 bits per heavy atom. The van der Waals surface area contributed by atoms with Crippen molar-refractivity contribution in [1.29, 1.82) is 0 Å². The van der Waals surface area contributed by atoms with Crippen LogP contribution < -0.4 is 9.50 Å². The fraction of sp³-hybridized carbons (Fsp3) is 0.174. The van der Waals surface area contributed by atoms with Gasteiger partial charge in [-0.15, -0.1) is 0 Å². The van der Waals surface area contributed by atoms with E-state index in [-0.39, 0.29) is 32.5 Å². The van der Waals surface area contributed by atoms with E-state index in [1.54, 1.807) is 32.0 Å². The maximum atomic E-state index is 12.6. The molecule has 0 fully saturated rings. The lowest BCUT2D eigenvalue weighted by Gasteiger charge is -2.12. The second kappa shape index (κ2) is 9.13. The van der Waals surface area contributed by atoms with Gasteiger partial charge in [-0.25, -0.2) is 8.42 Å². The van der Waals surface area contributed by atoms with Crippen LogP contribution in [0.15, 0.2) is 76.5 Å². The van der Waals surface area contributed by atoms with E-state index in [1.165, 1.54) is 49.4 Å². The van der Waals surface area contributed by atoms with Gasteiger partial charge < -0.3 is 9.50 Å². The zero-order valence-electron chi connectivity index (χ0n) is 17.8. The van der Waals surface area contributed by atoms with E-state index in [0.29, 0.717) is 5.56 Å². The third-order valence-electron chi connectivity index (χ3n) is 4.79. The summed E-state index contributed by atoms with van der Waals surface area (Å²) in [4.78, 5) is 12.7. The highest BCUT2D eigenvalue weighted by molar-refractivity contribution is 7.91. The molecule has 1 amide bonds. The Balaban J connectivity index is 1.80. The number of hydrogen-bond acceptors (Lipinski definition) is 6. The Kier molecular flexibility index (Phi) is 6.71. The van der Waals surface area contributed by atoms with Crippen LogP contribution in [0.4, 0.5) is 5.69 Å². The molecule has 7 nitrogen and oxygen atoms in total. The van der Waals surface area contributed by atoms with Gasteiger partial charge in [0.25, 0.3) is 5.91 Å². The van der Waals surface area contributed by atoms with Crippen molar-refractivity contribution in [3.8, 4) is 5.75 Å². The lowest BCUT2D eigenvalue weighted by Crippen LogP contribution is -2.16. The highest BCUT2D eigenvalue weighted by Crippen LogP contribution is 2.25. The van der Waals surface area contributed by atoms with Crippen molar-refractivity contribution in [1.82, 2.24) is 0 Å². The molecule has 0 aliphatic rings. The molecule has 0 radical (unpaired) electrons. The average molecular weight is 474 g/mol. The summed E-state index contributed by atoms with van der Waals surface area (Å²) in [6, 6.07) is 16.7. The van der Waals surface area contributed by atoms with Gasteiger partial charge in [0.05, 0.1) is 16.3 Å².